The van der Waals surface area contributed by atoms with Crippen molar-refractivity contribution in [3.63, 3.8) is 0 Å². The summed E-state index contributed by atoms with van der Waals surface area (Å²) >= 11 is 0. The highest BCUT2D eigenvalue weighted by molar-refractivity contribution is 5.85. The van der Waals surface area contributed by atoms with Gasteiger partial charge >= 0.3 is 6.09 Å². The van der Waals surface area contributed by atoms with Crippen LogP contribution in [0.3, 0.4) is 0 Å². The fourth-order valence-electron chi connectivity index (χ4n) is 2.51. The molecule has 24 heavy (non-hydrogen) atoms. The van der Waals surface area contributed by atoms with Gasteiger partial charge in [0.25, 0.3) is 0 Å². The maximum absolute atomic E-state index is 12.5. The van der Waals surface area contributed by atoms with Gasteiger partial charge in [-0.2, -0.15) is 0 Å². The number of rotatable bonds is 2. The molecule has 1 aromatic heterocycles. The van der Waals surface area contributed by atoms with Crippen molar-refractivity contribution in [2.45, 2.75) is 26.4 Å². The van der Waals surface area contributed by atoms with Gasteiger partial charge in [-0.3, -0.25) is 0 Å². The molecule has 0 aliphatic carbocycles. The minimum absolute atomic E-state index is 0.433. The van der Waals surface area contributed by atoms with E-state index in [0.717, 1.165) is 16.7 Å². The van der Waals surface area contributed by atoms with Crippen LogP contribution in [0.1, 0.15) is 20.8 Å². The fourth-order valence-corrected chi connectivity index (χ4v) is 2.51. The average Bonchev–Trinajstić information content (AvgIpc) is 3.04. The fraction of sp³-hybridized carbons (Fsp3) is 0.200. The van der Waals surface area contributed by atoms with E-state index >= 15 is 0 Å². The molecule has 2 aromatic carbocycles. The highest BCUT2D eigenvalue weighted by Gasteiger charge is 2.21. The number of nitrogens with zero attached hydrogens (tertiary/aromatic N) is 2. The number of benzene rings is 2. The van der Waals surface area contributed by atoms with Gasteiger partial charge in [0.15, 0.2) is 0 Å². The molecule has 0 spiro atoms. The molecule has 4 nitrogen and oxygen atoms in total. The Hall–Kier alpha value is -2.88. The molecule has 4 heteroatoms. The third-order valence-electron chi connectivity index (χ3n) is 3.48. The summed E-state index contributed by atoms with van der Waals surface area (Å²) in [5, 5.41) is 0. The van der Waals surface area contributed by atoms with Gasteiger partial charge in [0.1, 0.15) is 11.4 Å². The molecule has 0 aliphatic rings. The van der Waals surface area contributed by atoms with Crippen LogP contribution in [0.15, 0.2) is 67.0 Å². The van der Waals surface area contributed by atoms with Crippen molar-refractivity contribution in [2.24, 2.45) is 0 Å². The summed E-state index contributed by atoms with van der Waals surface area (Å²) in [6.45, 7) is 5.54. The SMILES string of the molecule is CC(C)(C)OC(=O)n1ccnc1-c1ccccc1-c1ccccc1. The van der Waals surface area contributed by atoms with Crippen molar-refractivity contribution in [2.75, 3.05) is 0 Å². The lowest BCUT2D eigenvalue weighted by Crippen LogP contribution is -2.27. The summed E-state index contributed by atoms with van der Waals surface area (Å²) in [5.74, 6) is 0.573. The van der Waals surface area contributed by atoms with Crippen molar-refractivity contribution in [3.8, 4) is 22.5 Å². The molecule has 0 saturated carbocycles. The molecule has 0 atom stereocenters. The molecule has 3 aromatic rings. The topological polar surface area (TPSA) is 44.1 Å². The third kappa shape index (κ3) is 3.38. The molecule has 122 valence electrons. The van der Waals surface area contributed by atoms with Gasteiger partial charge in [-0.1, -0.05) is 54.6 Å². The van der Waals surface area contributed by atoms with Crippen LogP contribution >= 0.6 is 0 Å². The first kappa shape index (κ1) is 16.0. The highest BCUT2D eigenvalue weighted by Crippen LogP contribution is 2.31. The lowest BCUT2D eigenvalue weighted by Gasteiger charge is -2.20. The second kappa shape index (κ2) is 6.32. The van der Waals surface area contributed by atoms with Gasteiger partial charge in [-0.25, -0.2) is 14.3 Å². The maximum atomic E-state index is 12.5. The lowest BCUT2D eigenvalue weighted by molar-refractivity contribution is 0.0539. The Bertz CT molecular complexity index is 845. The molecule has 1 heterocycles. The summed E-state index contributed by atoms with van der Waals surface area (Å²) in [7, 11) is 0. The second-order valence-electron chi connectivity index (χ2n) is 6.51. The van der Waals surface area contributed by atoms with Gasteiger partial charge in [0.2, 0.25) is 0 Å². The molecule has 0 amide bonds. The second-order valence-corrected chi connectivity index (χ2v) is 6.51. The van der Waals surface area contributed by atoms with E-state index in [0.29, 0.717) is 5.82 Å². The third-order valence-corrected chi connectivity index (χ3v) is 3.48. The molecule has 0 bridgehead atoms. The number of ether oxygens (including phenoxy) is 1. The van der Waals surface area contributed by atoms with Crippen LogP contribution in [-0.2, 0) is 4.74 Å². The van der Waals surface area contributed by atoms with Crippen molar-refractivity contribution >= 4 is 6.09 Å². The molecule has 0 fully saturated rings. The summed E-state index contributed by atoms with van der Waals surface area (Å²) in [6.07, 6.45) is 2.81. The molecule has 0 saturated heterocycles. The van der Waals surface area contributed by atoms with Gasteiger partial charge in [0, 0.05) is 18.0 Å². The zero-order chi connectivity index (χ0) is 17.2. The normalized spacial score (nSPS) is 11.3. The van der Waals surface area contributed by atoms with E-state index in [2.05, 4.69) is 4.98 Å². The van der Waals surface area contributed by atoms with Crippen molar-refractivity contribution in [1.82, 2.24) is 9.55 Å². The predicted molar refractivity (Wildman–Crippen MR) is 94.7 cm³/mol. The Morgan fingerprint density at radius 2 is 1.58 bits per heavy atom. The monoisotopic (exact) mass is 320 g/mol. The smallest absolute Gasteiger partial charge is 0.420 e. The molecule has 0 N–H and O–H groups in total. The van der Waals surface area contributed by atoms with E-state index in [1.54, 1.807) is 12.4 Å². The summed E-state index contributed by atoms with van der Waals surface area (Å²) in [4.78, 5) is 16.8. The highest BCUT2D eigenvalue weighted by atomic mass is 16.6. The first-order chi connectivity index (χ1) is 11.5. The Labute approximate surface area is 141 Å². The van der Waals surface area contributed by atoms with Crippen molar-refractivity contribution < 1.29 is 9.53 Å². The van der Waals surface area contributed by atoms with E-state index in [-0.39, 0.29) is 0 Å². The Morgan fingerprint density at radius 1 is 0.958 bits per heavy atom. The number of imidazole rings is 1. The van der Waals surface area contributed by atoms with Crippen LogP contribution in [0.4, 0.5) is 4.79 Å². The Morgan fingerprint density at radius 3 is 2.25 bits per heavy atom. The molecule has 3 rings (SSSR count). The molecule has 0 unspecified atom stereocenters. The first-order valence-corrected chi connectivity index (χ1v) is 7.87. The summed E-state index contributed by atoms with van der Waals surface area (Å²) < 4.78 is 6.93. The van der Waals surface area contributed by atoms with Crippen LogP contribution in [0.2, 0.25) is 0 Å². The number of carbonyl (C=O) groups excluding carboxylic acids is 1. The van der Waals surface area contributed by atoms with E-state index in [9.17, 15) is 4.79 Å². The zero-order valence-electron chi connectivity index (χ0n) is 14.1. The largest absolute Gasteiger partial charge is 0.443 e. The molecular formula is C20H20N2O2. The molecule has 0 radical (unpaired) electrons. The van der Waals surface area contributed by atoms with Crippen LogP contribution in [0.25, 0.3) is 22.5 Å². The number of carbonyl (C=O) groups is 1. The standard InChI is InChI=1S/C20H20N2O2/c1-20(2,3)24-19(23)22-14-13-21-18(22)17-12-8-7-11-16(17)15-9-5-4-6-10-15/h4-14H,1-3H3. The number of hydrogen-bond donors (Lipinski definition) is 0. The zero-order valence-corrected chi connectivity index (χ0v) is 14.1. The van der Waals surface area contributed by atoms with Gasteiger partial charge < -0.3 is 4.74 Å². The lowest BCUT2D eigenvalue weighted by atomic mass is 9.99. The Kier molecular flexibility index (Phi) is 4.21. The van der Waals surface area contributed by atoms with Crippen molar-refractivity contribution in [3.05, 3.63) is 67.0 Å². The van der Waals surface area contributed by atoms with E-state index in [1.165, 1.54) is 4.57 Å². The Balaban J connectivity index is 2.06. The van der Waals surface area contributed by atoms with Crippen LogP contribution in [-0.4, -0.2) is 21.2 Å². The summed E-state index contributed by atoms with van der Waals surface area (Å²) in [5.41, 5.74) is 2.43. The first-order valence-electron chi connectivity index (χ1n) is 7.87. The van der Waals surface area contributed by atoms with Crippen molar-refractivity contribution in [1.29, 1.82) is 0 Å². The average molecular weight is 320 g/mol. The molecule has 0 aliphatic heterocycles. The van der Waals surface area contributed by atoms with Crippen LogP contribution in [0.5, 0.6) is 0 Å². The van der Waals surface area contributed by atoms with Crippen LogP contribution in [0, 0.1) is 0 Å². The van der Waals surface area contributed by atoms with Gasteiger partial charge in [0.05, 0.1) is 0 Å². The minimum atomic E-state index is -0.558. The van der Waals surface area contributed by atoms with Crippen LogP contribution < -0.4 is 0 Å². The minimum Gasteiger partial charge on any atom is -0.443 e. The maximum Gasteiger partial charge on any atom is 0.420 e. The van der Waals surface area contributed by atoms with E-state index in [4.69, 9.17) is 4.74 Å². The number of aromatic nitrogens is 2. The predicted octanol–water partition coefficient (Wildman–Crippen LogP) is 5.00. The number of hydrogen-bond acceptors (Lipinski definition) is 3. The summed E-state index contributed by atoms with van der Waals surface area (Å²) in [6, 6.07) is 18.0. The quantitative estimate of drug-likeness (QED) is 0.667. The van der Waals surface area contributed by atoms with E-state index in [1.807, 2.05) is 75.4 Å². The van der Waals surface area contributed by atoms with E-state index < -0.39 is 11.7 Å². The van der Waals surface area contributed by atoms with Gasteiger partial charge in [-0.15, -0.1) is 0 Å². The van der Waals surface area contributed by atoms with Gasteiger partial charge in [-0.05, 0) is 31.9 Å². The molecular weight excluding hydrogens is 300 g/mol.